The van der Waals surface area contributed by atoms with Crippen molar-refractivity contribution >= 4 is 6.03 Å². The van der Waals surface area contributed by atoms with Gasteiger partial charge in [0.25, 0.3) is 0 Å². The Kier molecular flexibility index (Phi) is 5.38. The van der Waals surface area contributed by atoms with Crippen LogP contribution in [0.15, 0.2) is 10.5 Å². The van der Waals surface area contributed by atoms with E-state index < -0.39 is 5.60 Å². The molecule has 0 aliphatic heterocycles. The summed E-state index contributed by atoms with van der Waals surface area (Å²) in [7, 11) is 1.56. The number of carbonyl (C=O) groups excluding carboxylic acids is 1. The van der Waals surface area contributed by atoms with Crippen molar-refractivity contribution in [1.29, 1.82) is 0 Å². The van der Waals surface area contributed by atoms with Crippen molar-refractivity contribution in [2.45, 2.75) is 26.4 Å². The molecule has 108 valence electrons. The van der Waals surface area contributed by atoms with Crippen LogP contribution < -0.4 is 10.6 Å². The highest BCUT2D eigenvalue weighted by Gasteiger charge is 2.28. The number of furan rings is 1. The number of carbonyl (C=O) groups is 1. The summed E-state index contributed by atoms with van der Waals surface area (Å²) in [6, 6.07) is 1.44. The minimum atomic E-state index is -1.17. The van der Waals surface area contributed by atoms with Crippen LogP contribution in [0.5, 0.6) is 0 Å². The maximum Gasteiger partial charge on any atom is 0.314 e. The van der Waals surface area contributed by atoms with Gasteiger partial charge in [0.05, 0.1) is 13.2 Å². The third-order valence-corrected chi connectivity index (χ3v) is 2.81. The highest BCUT2D eigenvalue weighted by atomic mass is 16.5. The van der Waals surface area contributed by atoms with Crippen molar-refractivity contribution < 1.29 is 19.1 Å². The van der Waals surface area contributed by atoms with Crippen molar-refractivity contribution in [1.82, 2.24) is 10.6 Å². The number of aliphatic hydroxyl groups is 1. The molecule has 0 radical (unpaired) electrons. The molecule has 0 saturated heterocycles. The number of aryl methyl sites for hydroxylation is 2. The molecule has 6 nitrogen and oxygen atoms in total. The predicted molar refractivity (Wildman–Crippen MR) is 71.0 cm³/mol. The highest BCUT2D eigenvalue weighted by Crippen LogP contribution is 2.26. The highest BCUT2D eigenvalue weighted by molar-refractivity contribution is 5.73. The second-order valence-corrected chi connectivity index (χ2v) is 4.70. The summed E-state index contributed by atoms with van der Waals surface area (Å²) in [5.74, 6) is 1.39. The topological polar surface area (TPSA) is 83.7 Å². The van der Waals surface area contributed by atoms with Gasteiger partial charge in [-0.3, -0.25) is 0 Å². The Morgan fingerprint density at radius 2 is 2.16 bits per heavy atom. The van der Waals surface area contributed by atoms with E-state index in [1.165, 1.54) is 0 Å². The van der Waals surface area contributed by atoms with E-state index in [4.69, 9.17) is 9.15 Å². The molecule has 6 heteroatoms. The fourth-order valence-corrected chi connectivity index (χ4v) is 1.84. The van der Waals surface area contributed by atoms with Gasteiger partial charge in [-0.15, -0.1) is 0 Å². The molecule has 19 heavy (non-hydrogen) atoms. The van der Waals surface area contributed by atoms with Crippen LogP contribution >= 0.6 is 0 Å². The molecule has 0 bridgehead atoms. The SMILES string of the molecule is COCCNC(=O)NCC(C)(O)c1cc(C)oc1C. The Hall–Kier alpha value is -1.53. The molecule has 2 amide bonds. The average molecular weight is 270 g/mol. The maximum absolute atomic E-state index is 11.5. The fraction of sp³-hybridized carbons (Fsp3) is 0.615. The summed E-state index contributed by atoms with van der Waals surface area (Å²) in [6.45, 7) is 6.22. The quantitative estimate of drug-likeness (QED) is 0.675. The number of nitrogens with one attached hydrogen (secondary N) is 2. The van der Waals surface area contributed by atoms with Gasteiger partial charge in [-0.2, -0.15) is 0 Å². The van der Waals surface area contributed by atoms with Crippen molar-refractivity contribution in [3.8, 4) is 0 Å². The predicted octanol–water partition coefficient (Wildman–Crippen LogP) is 1.05. The van der Waals surface area contributed by atoms with Crippen molar-refractivity contribution in [3.63, 3.8) is 0 Å². The van der Waals surface area contributed by atoms with Crippen LogP contribution in [0.1, 0.15) is 24.0 Å². The first-order valence-corrected chi connectivity index (χ1v) is 6.17. The Balaban J connectivity index is 2.51. The zero-order chi connectivity index (χ0) is 14.5. The first kappa shape index (κ1) is 15.5. The molecular formula is C13H22N2O4. The molecule has 1 aromatic rings. The zero-order valence-electron chi connectivity index (χ0n) is 11.9. The summed E-state index contributed by atoms with van der Waals surface area (Å²) in [5.41, 5.74) is -0.484. The summed E-state index contributed by atoms with van der Waals surface area (Å²) >= 11 is 0. The van der Waals surface area contributed by atoms with Crippen LogP contribution in [0.3, 0.4) is 0 Å². The standard InChI is InChI=1S/C13H22N2O4/c1-9-7-11(10(2)19-9)13(3,17)8-15-12(16)14-5-6-18-4/h7,17H,5-6,8H2,1-4H3,(H2,14,15,16). The van der Waals surface area contributed by atoms with Crippen molar-refractivity contribution in [2.75, 3.05) is 26.8 Å². The van der Waals surface area contributed by atoms with Gasteiger partial charge < -0.3 is 24.9 Å². The third-order valence-electron chi connectivity index (χ3n) is 2.81. The van der Waals surface area contributed by atoms with Gasteiger partial charge >= 0.3 is 6.03 Å². The van der Waals surface area contributed by atoms with Gasteiger partial charge in [0.1, 0.15) is 17.1 Å². The van der Waals surface area contributed by atoms with Crippen LogP contribution in [0.4, 0.5) is 4.79 Å². The molecule has 0 spiro atoms. The second kappa shape index (κ2) is 6.58. The molecule has 0 aliphatic carbocycles. The number of amides is 2. The van der Waals surface area contributed by atoms with Crippen LogP contribution in [0, 0.1) is 13.8 Å². The molecule has 1 rings (SSSR count). The van der Waals surface area contributed by atoms with Gasteiger partial charge in [-0.1, -0.05) is 0 Å². The van der Waals surface area contributed by atoms with E-state index >= 15 is 0 Å². The number of ether oxygens (including phenoxy) is 1. The van der Waals surface area contributed by atoms with E-state index in [9.17, 15) is 9.90 Å². The molecule has 0 saturated carbocycles. The Bertz CT molecular complexity index is 426. The molecule has 0 aromatic carbocycles. The van der Waals surface area contributed by atoms with Gasteiger partial charge in [0, 0.05) is 19.2 Å². The van der Waals surface area contributed by atoms with E-state index in [0.717, 1.165) is 5.76 Å². The van der Waals surface area contributed by atoms with E-state index in [2.05, 4.69) is 10.6 Å². The van der Waals surface area contributed by atoms with E-state index in [1.807, 2.05) is 6.92 Å². The molecule has 3 N–H and O–H groups in total. The minimum absolute atomic E-state index is 0.103. The number of hydrogen-bond donors (Lipinski definition) is 3. The lowest BCUT2D eigenvalue weighted by molar-refractivity contribution is 0.0578. The van der Waals surface area contributed by atoms with Gasteiger partial charge in [-0.25, -0.2) is 4.79 Å². The fourth-order valence-electron chi connectivity index (χ4n) is 1.84. The van der Waals surface area contributed by atoms with Gasteiger partial charge in [-0.05, 0) is 26.8 Å². The third kappa shape index (κ3) is 4.57. The van der Waals surface area contributed by atoms with Crippen LogP contribution in [0.2, 0.25) is 0 Å². The smallest absolute Gasteiger partial charge is 0.314 e. The monoisotopic (exact) mass is 270 g/mol. The van der Waals surface area contributed by atoms with Crippen molar-refractivity contribution in [3.05, 3.63) is 23.2 Å². The summed E-state index contributed by atoms with van der Waals surface area (Å²) in [4.78, 5) is 11.5. The zero-order valence-corrected chi connectivity index (χ0v) is 11.9. The van der Waals surface area contributed by atoms with Crippen LogP contribution in [-0.2, 0) is 10.3 Å². The molecule has 0 aliphatic rings. The number of rotatable bonds is 6. The van der Waals surface area contributed by atoms with Crippen molar-refractivity contribution in [2.24, 2.45) is 0 Å². The minimum Gasteiger partial charge on any atom is -0.466 e. The molecule has 1 unspecified atom stereocenters. The Morgan fingerprint density at radius 1 is 1.47 bits per heavy atom. The normalized spacial score (nSPS) is 13.9. The van der Waals surface area contributed by atoms with E-state index in [0.29, 0.717) is 24.5 Å². The number of urea groups is 1. The molecule has 0 fully saturated rings. The Morgan fingerprint density at radius 3 is 2.68 bits per heavy atom. The van der Waals surface area contributed by atoms with Gasteiger partial charge in [0.15, 0.2) is 0 Å². The first-order valence-electron chi connectivity index (χ1n) is 6.17. The van der Waals surface area contributed by atoms with E-state index in [-0.39, 0.29) is 12.6 Å². The molecular weight excluding hydrogens is 248 g/mol. The van der Waals surface area contributed by atoms with Gasteiger partial charge in [0.2, 0.25) is 0 Å². The lowest BCUT2D eigenvalue weighted by atomic mass is 9.96. The first-order chi connectivity index (χ1) is 8.86. The molecule has 1 atom stereocenters. The Labute approximate surface area is 113 Å². The van der Waals surface area contributed by atoms with Crippen LogP contribution in [-0.4, -0.2) is 37.9 Å². The van der Waals surface area contributed by atoms with Crippen LogP contribution in [0.25, 0.3) is 0 Å². The lowest BCUT2D eigenvalue weighted by Crippen LogP contribution is -2.44. The maximum atomic E-state index is 11.5. The summed E-state index contributed by atoms with van der Waals surface area (Å²) in [5, 5.41) is 15.6. The number of methoxy groups -OCH3 is 1. The summed E-state index contributed by atoms with van der Waals surface area (Å²) < 4.78 is 10.2. The molecule has 1 aromatic heterocycles. The lowest BCUT2D eigenvalue weighted by Gasteiger charge is -2.23. The second-order valence-electron chi connectivity index (χ2n) is 4.70. The summed E-state index contributed by atoms with van der Waals surface area (Å²) in [6.07, 6.45) is 0. The van der Waals surface area contributed by atoms with E-state index in [1.54, 1.807) is 27.0 Å². The largest absolute Gasteiger partial charge is 0.466 e. The average Bonchev–Trinajstić information content (AvgIpc) is 2.67. The number of hydrogen-bond acceptors (Lipinski definition) is 4. The molecule has 1 heterocycles.